The van der Waals surface area contributed by atoms with Crippen molar-refractivity contribution in [3.05, 3.63) is 64.0 Å². The van der Waals surface area contributed by atoms with E-state index in [2.05, 4.69) is 15.2 Å². The maximum absolute atomic E-state index is 13.6. The van der Waals surface area contributed by atoms with E-state index in [0.717, 1.165) is 4.68 Å². The van der Waals surface area contributed by atoms with Crippen LogP contribution in [0.25, 0.3) is 11.6 Å². The highest BCUT2D eigenvalue weighted by Crippen LogP contribution is 2.13. The van der Waals surface area contributed by atoms with Crippen LogP contribution in [0, 0.1) is 12.7 Å². The first kappa shape index (κ1) is 13.2. The van der Waals surface area contributed by atoms with Crippen LogP contribution in [0.15, 0.2) is 45.7 Å². The number of benzene rings is 1. The molecule has 0 saturated carbocycles. The summed E-state index contributed by atoms with van der Waals surface area (Å²) in [6.07, 6.45) is 0. The van der Waals surface area contributed by atoms with Crippen LogP contribution in [0.3, 0.4) is 0 Å². The monoisotopic (exact) mass is 286 g/mol. The third kappa shape index (κ3) is 2.71. The Morgan fingerprint density at radius 3 is 2.76 bits per heavy atom. The standard InChI is InChI=1S/C14H11FN4O2/c1-9-16-14(21-18-9)12-6-7-13(20)19(17-12)8-10-4-2-3-5-11(10)15/h2-7H,8H2,1H3. The van der Waals surface area contributed by atoms with Gasteiger partial charge in [-0.3, -0.25) is 4.79 Å². The Labute approximate surface area is 118 Å². The van der Waals surface area contributed by atoms with Crippen molar-refractivity contribution >= 4 is 0 Å². The van der Waals surface area contributed by atoms with Gasteiger partial charge in [-0.1, -0.05) is 23.4 Å². The van der Waals surface area contributed by atoms with Gasteiger partial charge in [-0.2, -0.15) is 10.1 Å². The van der Waals surface area contributed by atoms with E-state index >= 15 is 0 Å². The van der Waals surface area contributed by atoms with Crippen LogP contribution in [0.5, 0.6) is 0 Å². The summed E-state index contributed by atoms with van der Waals surface area (Å²) in [7, 11) is 0. The zero-order chi connectivity index (χ0) is 14.8. The van der Waals surface area contributed by atoms with Crippen LogP contribution in [-0.2, 0) is 6.54 Å². The first-order valence-electron chi connectivity index (χ1n) is 6.26. The Morgan fingerprint density at radius 2 is 2.05 bits per heavy atom. The zero-order valence-electron chi connectivity index (χ0n) is 11.2. The second-order valence-electron chi connectivity index (χ2n) is 4.45. The summed E-state index contributed by atoms with van der Waals surface area (Å²) in [5, 5.41) is 7.80. The molecule has 0 aliphatic heterocycles. The Bertz CT molecular complexity index is 841. The topological polar surface area (TPSA) is 73.8 Å². The Kier molecular flexibility index (Phi) is 3.31. The molecule has 0 saturated heterocycles. The van der Waals surface area contributed by atoms with Gasteiger partial charge in [0.2, 0.25) is 0 Å². The molecule has 2 heterocycles. The molecule has 0 bridgehead atoms. The predicted molar refractivity (Wildman–Crippen MR) is 72.0 cm³/mol. The minimum Gasteiger partial charge on any atom is -0.332 e. The summed E-state index contributed by atoms with van der Waals surface area (Å²) in [5.41, 5.74) is 0.413. The number of aromatic nitrogens is 4. The van der Waals surface area contributed by atoms with Gasteiger partial charge in [0, 0.05) is 11.6 Å². The number of aryl methyl sites for hydroxylation is 1. The van der Waals surface area contributed by atoms with Crippen molar-refractivity contribution in [2.45, 2.75) is 13.5 Å². The van der Waals surface area contributed by atoms with Gasteiger partial charge >= 0.3 is 0 Å². The first-order chi connectivity index (χ1) is 10.1. The fourth-order valence-electron chi connectivity index (χ4n) is 1.87. The van der Waals surface area contributed by atoms with Gasteiger partial charge in [-0.05, 0) is 19.1 Å². The van der Waals surface area contributed by atoms with E-state index in [0.29, 0.717) is 17.1 Å². The first-order valence-corrected chi connectivity index (χ1v) is 6.26. The second kappa shape index (κ2) is 5.28. The number of rotatable bonds is 3. The van der Waals surface area contributed by atoms with Gasteiger partial charge in [0.25, 0.3) is 11.4 Å². The summed E-state index contributed by atoms with van der Waals surface area (Å²) < 4.78 is 19.8. The minimum atomic E-state index is -0.384. The van der Waals surface area contributed by atoms with E-state index in [4.69, 9.17) is 4.52 Å². The highest BCUT2D eigenvalue weighted by atomic mass is 19.1. The molecule has 106 valence electrons. The Morgan fingerprint density at radius 1 is 1.24 bits per heavy atom. The molecule has 0 radical (unpaired) electrons. The predicted octanol–water partition coefficient (Wildman–Crippen LogP) is 1.79. The molecule has 0 aliphatic rings. The van der Waals surface area contributed by atoms with Crippen molar-refractivity contribution in [1.29, 1.82) is 0 Å². The highest BCUT2D eigenvalue weighted by Gasteiger charge is 2.11. The third-order valence-corrected chi connectivity index (χ3v) is 2.89. The van der Waals surface area contributed by atoms with Gasteiger partial charge in [0.1, 0.15) is 11.5 Å². The summed E-state index contributed by atoms with van der Waals surface area (Å²) in [5.74, 6) is 0.304. The molecule has 7 heteroatoms. The molecule has 3 aromatic rings. The average Bonchev–Trinajstić information content (AvgIpc) is 2.90. The van der Waals surface area contributed by atoms with Crippen LogP contribution < -0.4 is 5.56 Å². The van der Waals surface area contributed by atoms with Crippen molar-refractivity contribution in [3.8, 4) is 11.6 Å². The smallest absolute Gasteiger partial charge is 0.278 e. The van der Waals surface area contributed by atoms with Crippen LogP contribution in [0.2, 0.25) is 0 Å². The van der Waals surface area contributed by atoms with E-state index in [-0.39, 0.29) is 23.8 Å². The molecular formula is C14H11FN4O2. The number of hydrogen-bond acceptors (Lipinski definition) is 5. The van der Waals surface area contributed by atoms with Crippen molar-refractivity contribution in [2.24, 2.45) is 0 Å². The van der Waals surface area contributed by atoms with Crippen LogP contribution in [0.1, 0.15) is 11.4 Å². The fraction of sp³-hybridized carbons (Fsp3) is 0.143. The molecular weight excluding hydrogens is 275 g/mol. The van der Waals surface area contributed by atoms with E-state index in [1.807, 2.05) is 0 Å². The van der Waals surface area contributed by atoms with Crippen molar-refractivity contribution in [1.82, 2.24) is 19.9 Å². The maximum atomic E-state index is 13.6. The lowest BCUT2D eigenvalue weighted by Gasteiger charge is -2.06. The molecule has 2 aromatic heterocycles. The lowest BCUT2D eigenvalue weighted by Crippen LogP contribution is -2.23. The third-order valence-electron chi connectivity index (χ3n) is 2.89. The van der Waals surface area contributed by atoms with E-state index in [9.17, 15) is 9.18 Å². The zero-order valence-corrected chi connectivity index (χ0v) is 11.2. The molecule has 0 aliphatic carbocycles. The van der Waals surface area contributed by atoms with Crippen LogP contribution >= 0.6 is 0 Å². The maximum Gasteiger partial charge on any atom is 0.278 e. The van der Waals surface area contributed by atoms with Crippen LogP contribution in [0.4, 0.5) is 4.39 Å². The van der Waals surface area contributed by atoms with E-state index in [1.54, 1.807) is 25.1 Å². The van der Waals surface area contributed by atoms with E-state index < -0.39 is 0 Å². The summed E-state index contributed by atoms with van der Waals surface area (Å²) in [4.78, 5) is 15.9. The van der Waals surface area contributed by atoms with Gasteiger partial charge in [-0.25, -0.2) is 9.07 Å². The fourth-order valence-corrected chi connectivity index (χ4v) is 1.87. The molecule has 3 rings (SSSR count). The van der Waals surface area contributed by atoms with Crippen molar-refractivity contribution in [2.75, 3.05) is 0 Å². The Hall–Kier alpha value is -2.83. The van der Waals surface area contributed by atoms with Gasteiger partial charge in [-0.15, -0.1) is 0 Å². The van der Waals surface area contributed by atoms with Crippen molar-refractivity contribution in [3.63, 3.8) is 0 Å². The molecule has 1 aromatic carbocycles. The largest absolute Gasteiger partial charge is 0.332 e. The molecule has 0 spiro atoms. The van der Waals surface area contributed by atoms with Gasteiger partial charge in [0.05, 0.1) is 6.54 Å². The van der Waals surface area contributed by atoms with Crippen LogP contribution in [-0.4, -0.2) is 19.9 Å². The molecule has 21 heavy (non-hydrogen) atoms. The second-order valence-corrected chi connectivity index (χ2v) is 4.45. The van der Waals surface area contributed by atoms with Gasteiger partial charge < -0.3 is 4.52 Å². The van der Waals surface area contributed by atoms with E-state index in [1.165, 1.54) is 18.2 Å². The Balaban J connectivity index is 1.99. The normalized spacial score (nSPS) is 10.8. The molecule has 0 unspecified atom stereocenters. The number of hydrogen-bond donors (Lipinski definition) is 0. The molecule has 6 nitrogen and oxygen atoms in total. The number of halogens is 1. The lowest BCUT2D eigenvalue weighted by molar-refractivity contribution is 0.422. The average molecular weight is 286 g/mol. The number of nitrogens with zero attached hydrogens (tertiary/aromatic N) is 4. The SMILES string of the molecule is Cc1noc(-c2ccc(=O)n(Cc3ccccc3F)n2)n1. The summed E-state index contributed by atoms with van der Waals surface area (Å²) in [6.45, 7) is 1.72. The minimum absolute atomic E-state index is 0.0342. The summed E-state index contributed by atoms with van der Waals surface area (Å²) in [6, 6.07) is 9.07. The lowest BCUT2D eigenvalue weighted by atomic mass is 10.2. The quantitative estimate of drug-likeness (QED) is 0.734. The molecule has 0 N–H and O–H groups in total. The molecule has 0 atom stereocenters. The molecule has 0 fully saturated rings. The highest BCUT2D eigenvalue weighted by molar-refractivity contribution is 5.44. The molecule has 0 amide bonds. The van der Waals surface area contributed by atoms with Gasteiger partial charge in [0.15, 0.2) is 5.82 Å². The summed E-state index contributed by atoms with van der Waals surface area (Å²) >= 11 is 0. The van der Waals surface area contributed by atoms with Crippen molar-refractivity contribution < 1.29 is 8.91 Å².